The fourth-order valence-corrected chi connectivity index (χ4v) is 2.08. The Balaban J connectivity index is 2.58. The summed E-state index contributed by atoms with van der Waals surface area (Å²) in [5.74, 6) is 0. The molecule has 0 saturated heterocycles. The summed E-state index contributed by atoms with van der Waals surface area (Å²) in [5.41, 5.74) is 3.98. The Kier molecular flexibility index (Phi) is 3.94. The van der Waals surface area contributed by atoms with E-state index in [9.17, 15) is 5.26 Å². The second-order valence-corrected chi connectivity index (χ2v) is 4.05. The number of benzene rings is 2. The van der Waals surface area contributed by atoms with Crippen molar-refractivity contribution in [2.75, 3.05) is 0 Å². The van der Waals surface area contributed by atoms with Gasteiger partial charge in [-0.1, -0.05) is 67.6 Å². The van der Waals surface area contributed by atoms with Crippen molar-refractivity contribution in [3.8, 4) is 6.07 Å². The van der Waals surface area contributed by atoms with E-state index < -0.39 is 0 Å². The first-order valence-electron chi connectivity index (χ1n) is 6.11. The molecule has 0 amide bonds. The Bertz CT molecular complexity index is 574. The molecule has 0 bridgehead atoms. The molecule has 18 heavy (non-hydrogen) atoms. The maximum Gasteiger partial charge on any atom is 0.100 e. The maximum atomic E-state index is 9.43. The van der Waals surface area contributed by atoms with Gasteiger partial charge in [0.15, 0.2) is 0 Å². The normalized spacial score (nSPS) is 11.6. The standard InChI is InChI=1S/C17H15N/c1-2-16(14-9-5-3-6-10-14)17(13-18)15-11-7-4-8-12-15/h3-12H,2H2,1H3/b17-16+. The van der Waals surface area contributed by atoms with Crippen molar-refractivity contribution < 1.29 is 0 Å². The number of nitriles is 1. The Morgan fingerprint density at radius 1 is 0.889 bits per heavy atom. The summed E-state index contributed by atoms with van der Waals surface area (Å²) in [6, 6.07) is 22.3. The van der Waals surface area contributed by atoms with E-state index in [-0.39, 0.29) is 0 Å². The van der Waals surface area contributed by atoms with Crippen molar-refractivity contribution >= 4 is 11.1 Å². The molecule has 1 nitrogen and oxygen atoms in total. The molecule has 2 aromatic carbocycles. The van der Waals surface area contributed by atoms with Crippen LogP contribution in [0, 0.1) is 11.3 Å². The van der Waals surface area contributed by atoms with Gasteiger partial charge in [-0.05, 0) is 23.1 Å². The zero-order valence-electron chi connectivity index (χ0n) is 10.4. The van der Waals surface area contributed by atoms with Gasteiger partial charge < -0.3 is 0 Å². The van der Waals surface area contributed by atoms with Gasteiger partial charge in [-0.2, -0.15) is 5.26 Å². The Labute approximate surface area is 108 Å². The van der Waals surface area contributed by atoms with E-state index in [1.54, 1.807) is 0 Å². The molecule has 0 atom stereocenters. The summed E-state index contributed by atoms with van der Waals surface area (Å²) in [6.45, 7) is 2.09. The molecule has 0 aliphatic rings. The first-order valence-corrected chi connectivity index (χ1v) is 6.11. The molecule has 2 rings (SSSR count). The van der Waals surface area contributed by atoms with Crippen molar-refractivity contribution in [1.82, 2.24) is 0 Å². The van der Waals surface area contributed by atoms with Gasteiger partial charge in [0, 0.05) is 0 Å². The zero-order chi connectivity index (χ0) is 12.8. The van der Waals surface area contributed by atoms with Gasteiger partial charge in [0.05, 0.1) is 5.57 Å². The quantitative estimate of drug-likeness (QED) is 0.564. The molecule has 0 N–H and O–H groups in total. The van der Waals surface area contributed by atoms with Crippen LogP contribution in [0.1, 0.15) is 24.5 Å². The molecule has 1 heteroatoms. The van der Waals surface area contributed by atoms with Crippen LogP contribution in [0.25, 0.3) is 11.1 Å². The minimum Gasteiger partial charge on any atom is -0.192 e. The van der Waals surface area contributed by atoms with Crippen molar-refractivity contribution in [1.29, 1.82) is 5.26 Å². The third kappa shape index (κ3) is 2.49. The monoisotopic (exact) mass is 233 g/mol. The number of nitrogens with zero attached hydrogens (tertiary/aromatic N) is 1. The fraction of sp³-hybridized carbons (Fsp3) is 0.118. The van der Waals surface area contributed by atoms with E-state index in [4.69, 9.17) is 0 Å². The third-order valence-electron chi connectivity index (χ3n) is 2.95. The van der Waals surface area contributed by atoms with Gasteiger partial charge in [-0.3, -0.25) is 0 Å². The molecule has 88 valence electrons. The first-order chi connectivity index (χ1) is 8.86. The molecule has 0 radical (unpaired) electrons. The van der Waals surface area contributed by atoms with Crippen molar-refractivity contribution in [3.63, 3.8) is 0 Å². The highest BCUT2D eigenvalue weighted by molar-refractivity contribution is 5.97. The molecular formula is C17H15N. The van der Waals surface area contributed by atoms with Crippen LogP contribution < -0.4 is 0 Å². The molecule has 0 aliphatic carbocycles. The topological polar surface area (TPSA) is 23.8 Å². The zero-order valence-corrected chi connectivity index (χ0v) is 10.4. The summed E-state index contributed by atoms with van der Waals surface area (Å²) in [4.78, 5) is 0. The van der Waals surface area contributed by atoms with Crippen LogP contribution in [0.5, 0.6) is 0 Å². The SMILES string of the molecule is CC/C(=C(/C#N)c1ccccc1)c1ccccc1. The number of allylic oxidation sites excluding steroid dienone is 2. The van der Waals surface area contributed by atoms with Crippen molar-refractivity contribution in [2.45, 2.75) is 13.3 Å². The predicted molar refractivity (Wildman–Crippen MR) is 75.6 cm³/mol. The van der Waals surface area contributed by atoms with Crippen LogP contribution in [-0.2, 0) is 0 Å². The lowest BCUT2D eigenvalue weighted by molar-refractivity contribution is 1.24. The molecule has 0 unspecified atom stereocenters. The summed E-state index contributed by atoms with van der Waals surface area (Å²) in [5, 5.41) is 9.43. The van der Waals surface area contributed by atoms with Gasteiger partial charge in [-0.25, -0.2) is 0 Å². The highest BCUT2D eigenvalue weighted by Gasteiger charge is 2.08. The average molecular weight is 233 g/mol. The summed E-state index contributed by atoms with van der Waals surface area (Å²) in [7, 11) is 0. The lowest BCUT2D eigenvalue weighted by Crippen LogP contribution is -1.90. The second kappa shape index (κ2) is 5.84. The Morgan fingerprint density at radius 3 is 1.83 bits per heavy atom. The van der Waals surface area contributed by atoms with Crippen LogP contribution >= 0.6 is 0 Å². The van der Waals surface area contributed by atoms with Crippen LogP contribution in [0.2, 0.25) is 0 Å². The van der Waals surface area contributed by atoms with E-state index in [2.05, 4.69) is 25.1 Å². The Morgan fingerprint density at radius 2 is 1.39 bits per heavy atom. The molecule has 0 saturated carbocycles. The van der Waals surface area contributed by atoms with E-state index in [1.165, 1.54) is 0 Å². The number of hydrogen-bond donors (Lipinski definition) is 0. The number of rotatable bonds is 3. The van der Waals surface area contributed by atoms with E-state index >= 15 is 0 Å². The van der Waals surface area contributed by atoms with Gasteiger partial charge in [0.25, 0.3) is 0 Å². The molecule has 0 aromatic heterocycles. The second-order valence-electron chi connectivity index (χ2n) is 4.05. The highest BCUT2D eigenvalue weighted by atomic mass is 14.3. The van der Waals surface area contributed by atoms with Crippen LogP contribution in [-0.4, -0.2) is 0 Å². The Hall–Kier alpha value is -2.33. The maximum absolute atomic E-state index is 9.43. The molecule has 0 heterocycles. The van der Waals surface area contributed by atoms with Gasteiger partial charge in [0.1, 0.15) is 6.07 Å². The summed E-state index contributed by atoms with van der Waals surface area (Å²) >= 11 is 0. The van der Waals surface area contributed by atoms with Crippen molar-refractivity contribution in [3.05, 3.63) is 71.8 Å². The van der Waals surface area contributed by atoms with Gasteiger partial charge in [0.2, 0.25) is 0 Å². The van der Waals surface area contributed by atoms with Gasteiger partial charge in [-0.15, -0.1) is 0 Å². The van der Waals surface area contributed by atoms with Gasteiger partial charge >= 0.3 is 0 Å². The van der Waals surface area contributed by atoms with Crippen LogP contribution in [0.15, 0.2) is 60.7 Å². The van der Waals surface area contributed by atoms with Crippen LogP contribution in [0.3, 0.4) is 0 Å². The van der Waals surface area contributed by atoms with Crippen LogP contribution in [0.4, 0.5) is 0 Å². The largest absolute Gasteiger partial charge is 0.192 e. The smallest absolute Gasteiger partial charge is 0.100 e. The summed E-state index contributed by atoms with van der Waals surface area (Å²) < 4.78 is 0. The molecule has 2 aromatic rings. The minimum absolute atomic E-state index is 0.768. The summed E-state index contributed by atoms with van der Waals surface area (Å²) in [6.07, 6.45) is 0.849. The van der Waals surface area contributed by atoms with Crippen molar-refractivity contribution in [2.24, 2.45) is 0 Å². The minimum atomic E-state index is 0.768. The third-order valence-corrected chi connectivity index (χ3v) is 2.95. The predicted octanol–water partition coefficient (Wildman–Crippen LogP) is 4.53. The lowest BCUT2D eigenvalue weighted by Gasteiger charge is -2.09. The molecule has 0 aliphatic heterocycles. The molecule has 0 fully saturated rings. The fourth-order valence-electron chi connectivity index (χ4n) is 2.08. The van der Waals surface area contributed by atoms with E-state index in [0.717, 1.165) is 28.7 Å². The number of hydrogen-bond acceptors (Lipinski definition) is 1. The molecule has 0 spiro atoms. The first kappa shape index (κ1) is 12.1. The average Bonchev–Trinajstić information content (AvgIpc) is 2.46. The lowest BCUT2D eigenvalue weighted by atomic mass is 9.94. The van der Waals surface area contributed by atoms with E-state index in [0.29, 0.717) is 0 Å². The van der Waals surface area contributed by atoms with E-state index in [1.807, 2.05) is 48.5 Å². The molecular weight excluding hydrogens is 218 g/mol. The highest BCUT2D eigenvalue weighted by Crippen LogP contribution is 2.28.